The number of anilines is 1. The largest absolute Gasteiger partial charge is 0.465 e. The van der Waals surface area contributed by atoms with Gasteiger partial charge in [-0.3, -0.25) is 4.79 Å². The number of halogens is 1. The number of para-hydroxylation sites is 1. The Hall–Kier alpha value is -1.41. The number of carbonyl (C=O) groups is 2. The van der Waals surface area contributed by atoms with E-state index in [1.807, 2.05) is 0 Å². The zero-order valence-electron chi connectivity index (χ0n) is 9.98. The summed E-state index contributed by atoms with van der Waals surface area (Å²) in [6.07, 6.45) is 0. The average molecular weight is 387 g/mol. The van der Waals surface area contributed by atoms with Gasteiger partial charge in [0.1, 0.15) is 0 Å². The monoisotopic (exact) mass is 387 g/mol. The topological polar surface area (TPSA) is 55.4 Å². The molecule has 1 heterocycles. The third-order valence-electron chi connectivity index (χ3n) is 2.41. The quantitative estimate of drug-likeness (QED) is 0.649. The molecule has 0 spiro atoms. The van der Waals surface area contributed by atoms with Crippen LogP contribution in [-0.4, -0.2) is 19.0 Å². The van der Waals surface area contributed by atoms with Crippen molar-refractivity contribution in [2.45, 2.75) is 0 Å². The molecule has 1 amide bonds. The van der Waals surface area contributed by atoms with Crippen molar-refractivity contribution in [3.05, 3.63) is 49.7 Å². The van der Waals surface area contributed by atoms with Gasteiger partial charge in [-0.2, -0.15) is 0 Å². The SMILES string of the molecule is COC(=O)c1ccccc1NC(=O)c1csc(I)c1. The van der Waals surface area contributed by atoms with Crippen LogP contribution in [0.5, 0.6) is 0 Å². The van der Waals surface area contributed by atoms with E-state index in [0.29, 0.717) is 16.8 Å². The third kappa shape index (κ3) is 3.32. The van der Waals surface area contributed by atoms with E-state index in [2.05, 4.69) is 32.6 Å². The molecule has 0 atom stereocenters. The van der Waals surface area contributed by atoms with Crippen LogP contribution in [0.15, 0.2) is 35.7 Å². The summed E-state index contributed by atoms with van der Waals surface area (Å²) in [4.78, 5) is 23.6. The second-order valence-electron chi connectivity index (χ2n) is 3.63. The number of thiophene rings is 1. The molecule has 0 aliphatic rings. The lowest BCUT2D eigenvalue weighted by atomic mass is 10.1. The molecule has 0 unspecified atom stereocenters. The number of hydrogen-bond acceptors (Lipinski definition) is 4. The molecule has 19 heavy (non-hydrogen) atoms. The number of nitrogens with one attached hydrogen (secondary N) is 1. The van der Waals surface area contributed by atoms with Crippen LogP contribution in [0.2, 0.25) is 0 Å². The predicted octanol–water partition coefficient (Wildman–Crippen LogP) is 3.39. The number of hydrogen-bond donors (Lipinski definition) is 1. The van der Waals surface area contributed by atoms with Crippen molar-refractivity contribution in [3.63, 3.8) is 0 Å². The first-order chi connectivity index (χ1) is 9.11. The molecule has 6 heteroatoms. The van der Waals surface area contributed by atoms with Crippen LogP contribution < -0.4 is 5.32 Å². The van der Waals surface area contributed by atoms with Crippen molar-refractivity contribution in [1.29, 1.82) is 0 Å². The standard InChI is InChI=1S/C13H10INO3S/c1-18-13(17)9-4-2-3-5-10(9)15-12(16)8-6-11(14)19-7-8/h2-7H,1H3,(H,15,16). The van der Waals surface area contributed by atoms with Gasteiger partial charge in [-0.05, 0) is 40.8 Å². The van der Waals surface area contributed by atoms with Gasteiger partial charge in [0, 0.05) is 5.38 Å². The fourth-order valence-electron chi connectivity index (χ4n) is 1.50. The van der Waals surface area contributed by atoms with Crippen LogP contribution >= 0.6 is 33.9 Å². The van der Waals surface area contributed by atoms with Crippen LogP contribution in [0.25, 0.3) is 0 Å². The van der Waals surface area contributed by atoms with Crippen molar-refractivity contribution in [2.75, 3.05) is 12.4 Å². The zero-order valence-corrected chi connectivity index (χ0v) is 12.9. The molecule has 1 aromatic heterocycles. The Morgan fingerprint density at radius 3 is 2.68 bits per heavy atom. The van der Waals surface area contributed by atoms with Crippen LogP contribution in [0.1, 0.15) is 20.7 Å². The summed E-state index contributed by atoms with van der Waals surface area (Å²) in [5, 5.41) is 4.49. The third-order valence-corrected chi connectivity index (χ3v) is 4.20. The van der Waals surface area contributed by atoms with Gasteiger partial charge >= 0.3 is 5.97 Å². The highest BCUT2D eigenvalue weighted by molar-refractivity contribution is 14.1. The molecule has 0 bridgehead atoms. The molecular weight excluding hydrogens is 377 g/mol. The Kier molecular flexibility index (Phi) is 4.54. The molecule has 2 aromatic rings. The fraction of sp³-hybridized carbons (Fsp3) is 0.0769. The van der Waals surface area contributed by atoms with E-state index in [9.17, 15) is 9.59 Å². The maximum absolute atomic E-state index is 12.0. The maximum Gasteiger partial charge on any atom is 0.339 e. The van der Waals surface area contributed by atoms with Crippen molar-refractivity contribution < 1.29 is 14.3 Å². The Balaban J connectivity index is 2.24. The lowest BCUT2D eigenvalue weighted by molar-refractivity contribution is 0.0602. The number of esters is 1. The summed E-state index contributed by atoms with van der Waals surface area (Å²) in [7, 11) is 1.31. The highest BCUT2D eigenvalue weighted by atomic mass is 127. The van der Waals surface area contributed by atoms with Crippen molar-refractivity contribution in [3.8, 4) is 0 Å². The summed E-state index contributed by atoms with van der Waals surface area (Å²) in [5.41, 5.74) is 1.36. The molecule has 0 fully saturated rings. The lowest BCUT2D eigenvalue weighted by Crippen LogP contribution is -2.14. The van der Waals surface area contributed by atoms with Crippen LogP contribution in [0.3, 0.4) is 0 Å². The molecule has 2 rings (SSSR count). The van der Waals surface area contributed by atoms with E-state index in [0.717, 1.165) is 2.88 Å². The Morgan fingerprint density at radius 1 is 1.32 bits per heavy atom. The fourth-order valence-corrected chi connectivity index (χ4v) is 2.83. The second kappa shape index (κ2) is 6.16. The number of carbonyl (C=O) groups excluding carboxylic acids is 2. The van der Waals surface area contributed by atoms with Crippen molar-refractivity contribution >= 4 is 51.5 Å². The minimum Gasteiger partial charge on any atom is -0.465 e. The molecular formula is C13H10INO3S. The van der Waals surface area contributed by atoms with E-state index >= 15 is 0 Å². The van der Waals surface area contributed by atoms with Gasteiger partial charge in [0.25, 0.3) is 5.91 Å². The van der Waals surface area contributed by atoms with Gasteiger partial charge in [-0.25, -0.2) is 4.79 Å². The van der Waals surface area contributed by atoms with Crippen LogP contribution in [0.4, 0.5) is 5.69 Å². The molecule has 1 N–H and O–H groups in total. The summed E-state index contributed by atoms with van der Waals surface area (Å²) in [6, 6.07) is 8.54. The number of rotatable bonds is 3. The van der Waals surface area contributed by atoms with Gasteiger partial charge < -0.3 is 10.1 Å². The van der Waals surface area contributed by atoms with E-state index in [4.69, 9.17) is 0 Å². The minimum atomic E-state index is -0.476. The molecule has 4 nitrogen and oxygen atoms in total. The molecule has 0 saturated carbocycles. The minimum absolute atomic E-state index is 0.240. The van der Waals surface area contributed by atoms with E-state index < -0.39 is 5.97 Å². The number of methoxy groups -OCH3 is 1. The smallest absolute Gasteiger partial charge is 0.339 e. The number of benzene rings is 1. The lowest BCUT2D eigenvalue weighted by Gasteiger charge is -2.08. The van der Waals surface area contributed by atoms with Gasteiger partial charge in [0.05, 0.1) is 26.8 Å². The maximum atomic E-state index is 12.0. The van der Waals surface area contributed by atoms with E-state index in [1.54, 1.807) is 35.7 Å². The van der Waals surface area contributed by atoms with Crippen LogP contribution in [-0.2, 0) is 4.74 Å². The first kappa shape index (κ1) is 14.0. The van der Waals surface area contributed by atoms with Gasteiger partial charge in [-0.15, -0.1) is 11.3 Å². The van der Waals surface area contributed by atoms with Gasteiger partial charge in [0.2, 0.25) is 0 Å². The number of amides is 1. The number of ether oxygens (including phenoxy) is 1. The molecule has 0 saturated heterocycles. The Morgan fingerprint density at radius 2 is 2.05 bits per heavy atom. The molecule has 0 aliphatic heterocycles. The summed E-state index contributed by atoms with van der Waals surface area (Å²) >= 11 is 3.65. The molecule has 0 radical (unpaired) electrons. The Labute approximate surface area is 127 Å². The average Bonchev–Trinajstić information content (AvgIpc) is 2.85. The molecule has 0 aliphatic carbocycles. The summed E-state index contributed by atoms with van der Waals surface area (Å²) < 4.78 is 5.71. The van der Waals surface area contributed by atoms with Crippen molar-refractivity contribution in [2.24, 2.45) is 0 Å². The molecule has 1 aromatic carbocycles. The predicted molar refractivity (Wildman–Crippen MR) is 82.8 cm³/mol. The molecule has 98 valence electrons. The van der Waals surface area contributed by atoms with E-state index in [-0.39, 0.29) is 5.91 Å². The Bertz CT molecular complexity index is 624. The normalized spacial score (nSPS) is 10.0. The zero-order chi connectivity index (χ0) is 13.8. The summed E-state index contributed by atoms with van der Waals surface area (Å²) in [6.45, 7) is 0. The second-order valence-corrected chi connectivity index (χ2v) is 6.44. The van der Waals surface area contributed by atoms with Crippen molar-refractivity contribution in [1.82, 2.24) is 0 Å². The highest BCUT2D eigenvalue weighted by Gasteiger charge is 2.14. The highest BCUT2D eigenvalue weighted by Crippen LogP contribution is 2.20. The van der Waals surface area contributed by atoms with Crippen LogP contribution in [0, 0.1) is 2.88 Å². The van der Waals surface area contributed by atoms with E-state index in [1.165, 1.54) is 18.4 Å². The first-order valence-corrected chi connectivity index (χ1v) is 7.30. The summed E-state index contributed by atoms with van der Waals surface area (Å²) in [5.74, 6) is -0.716. The van der Waals surface area contributed by atoms with Gasteiger partial charge in [-0.1, -0.05) is 12.1 Å². The first-order valence-electron chi connectivity index (χ1n) is 5.34. The van der Waals surface area contributed by atoms with Gasteiger partial charge in [0.15, 0.2) is 0 Å².